The maximum Gasteiger partial charge on any atom is 0.326 e. The molecule has 0 heterocycles. The lowest BCUT2D eigenvalue weighted by atomic mass is 10.2. The van der Waals surface area contributed by atoms with Gasteiger partial charge in [0.1, 0.15) is 5.54 Å². The minimum absolute atomic E-state index is 0.233. The lowest BCUT2D eigenvalue weighted by Gasteiger charge is -2.14. The molecule has 0 aromatic heterocycles. The van der Waals surface area contributed by atoms with Crippen LogP contribution in [0.1, 0.15) is 20.3 Å². The van der Waals surface area contributed by atoms with Crippen molar-refractivity contribution in [2.45, 2.75) is 25.8 Å². The molecule has 1 fully saturated rings. The molecule has 0 aromatic carbocycles. The van der Waals surface area contributed by atoms with Gasteiger partial charge in [0.05, 0.1) is 6.61 Å². The molecule has 1 saturated carbocycles. The summed E-state index contributed by atoms with van der Waals surface area (Å²) in [5.41, 5.74) is 5.26. The van der Waals surface area contributed by atoms with E-state index in [4.69, 9.17) is 10.5 Å². The van der Waals surface area contributed by atoms with Crippen LogP contribution in [-0.4, -0.2) is 43.7 Å². The summed E-state index contributed by atoms with van der Waals surface area (Å²) in [5.74, 6) is 0.388. The van der Waals surface area contributed by atoms with Gasteiger partial charge in [-0.25, -0.2) is 0 Å². The number of hydrogen-bond acceptors (Lipinski definition) is 4. The van der Waals surface area contributed by atoms with Crippen LogP contribution < -0.4 is 5.73 Å². The first kappa shape index (κ1) is 12.5. The fourth-order valence-electron chi connectivity index (χ4n) is 1.64. The molecule has 0 spiro atoms. The smallest absolute Gasteiger partial charge is 0.326 e. The number of carbonyl (C=O) groups excluding carboxylic acids is 1. The van der Waals surface area contributed by atoms with Gasteiger partial charge in [-0.3, -0.25) is 4.79 Å². The summed E-state index contributed by atoms with van der Waals surface area (Å²) in [6, 6.07) is 0. The summed E-state index contributed by atoms with van der Waals surface area (Å²) in [6.45, 7) is 5.35. The van der Waals surface area contributed by atoms with Gasteiger partial charge in [-0.1, -0.05) is 13.8 Å². The molecule has 0 saturated heterocycles. The summed E-state index contributed by atoms with van der Waals surface area (Å²) >= 11 is 0. The first-order valence-electron chi connectivity index (χ1n) is 5.47. The molecule has 1 aliphatic rings. The predicted molar refractivity (Wildman–Crippen MR) is 59.4 cm³/mol. The summed E-state index contributed by atoms with van der Waals surface area (Å²) in [5, 5.41) is 0. The Morgan fingerprint density at radius 2 is 2.20 bits per heavy atom. The van der Waals surface area contributed by atoms with E-state index in [0.717, 1.165) is 13.0 Å². The third kappa shape index (κ3) is 3.18. The second-order valence-corrected chi connectivity index (χ2v) is 5.20. The molecule has 0 aliphatic heterocycles. The van der Waals surface area contributed by atoms with Crippen molar-refractivity contribution >= 4 is 5.97 Å². The maximum atomic E-state index is 11.7. The lowest BCUT2D eigenvalue weighted by Crippen LogP contribution is -2.39. The van der Waals surface area contributed by atoms with Crippen LogP contribution in [0, 0.1) is 11.8 Å². The fourth-order valence-corrected chi connectivity index (χ4v) is 1.64. The van der Waals surface area contributed by atoms with Crippen molar-refractivity contribution in [2.75, 3.05) is 27.2 Å². The molecule has 0 radical (unpaired) electrons. The van der Waals surface area contributed by atoms with Crippen LogP contribution in [0.3, 0.4) is 0 Å². The summed E-state index contributed by atoms with van der Waals surface area (Å²) in [4.78, 5) is 13.7. The van der Waals surface area contributed by atoms with Crippen molar-refractivity contribution in [1.29, 1.82) is 0 Å². The van der Waals surface area contributed by atoms with Crippen LogP contribution >= 0.6 is 0 Å². The van der Waals surface area contributed by atoms with E-state index in [0.29, 0.717) is 12.5 Å². The van der Waals surface area contributed by atoms with Gasteiger partial charge >= 0.3 is 5.97 Å². The number of ether oxygens (including phenoxy) is 1. The van der Waals surface area contributed by atoms with Crippen LogP contribution in [0.4, 0.5) is 0 Å². The highest BCUT2D eigenvalue weighted by Gasteiger charge is 2.58. The zero-order valence-electron chi connectivity index (χ0n) is 10.1. The number of nitrogens with two attached hydrogens (primary N) is 1. The van der Waals surface area contributed by atoms with Crippen LogP contribution in [0.25, 0.3) is 0 Å². The highest BCUT2D eigenvalue weighted by atomic mass is 16.5. The highest BCUT2D eigenvalue weighted by molar-refractivity contribution is 5.84. The van der Waals surface area contributed by atoms with E-state index in [-0.39, 0.29) is 11.9 Å². The standard InChI is InChI=1S/C11H22N2O2/c1-8(2)7-15-10(14)11(12)5-9(11)6-13(3)4/h8-9H,5-7,12H2,1-4H3. The number of nitrogens with zero attached hydrogens (tertiary/aromatic N) is 1. The van der Waals surface area contributed by atoms with E-state index >= 15 is 0 Å². The molecule has 15 heavy (non-hydrogen) atoms. The topological polar surface area (TPSA) is 55.6 Å². The highest BCUT2D eigenvalue weighted by Crippen LogP contribution is 2.42. The van der Waals surface area contributed by atoms with Crippen molar-refractivity contribution in [3.05, 3.63) is 0 Å². The van der Waals surface area contributed by atoms with Gasteiger partial charge in [-0.15, -0.1) is 0 Å². The van der Waals surface area contributed by atoms with E-state index in [1.165, 1.54) is 0 Å². The van der Waals surface area contributed by atoms with E-state index in [2.05, 4.69) is 4.90 Å². The lowest BCUT2D eigenvalue weighted by molar-refractivity contribution is -0.148. The normalized spacial score (nSPS) is 29.7. The average molecular weight is 214 g/mol. The molecular formula is C11H22N2O2. The molecule has 1 aliphatic carbocycles. The average Bonchev–Trinajstić information content (AvgIpc) is 2.73. The Morgan fingerprint density at radius 3 is 2.67 bits per heavy atom. The molecule has 1 rings (SSSR count). The monoisotopic (exact) mass is 214 g/mol. The first-order valence-corrected chi connectivity index (χ1v) is 5.47. The van der Waals surface area contributed by atoms with Crippen molar-refractivity contribution in [3.63, 3.8) is 0 Å². The Kier molecular flexibility index (Phi) is 3.73. The van der Waals surface area contributed by atoms with Gasteiger partial charge in [-0.05, 0) is 26.4 Å². The zero-order chi connectivity index (χ0) is 11.6. The molecule has 0 aromatic rings. The summed E-state index contributed by atoms with van der Waals surface area (Å²) in [7, 11) is 3.97. The van der Waals surface area contributed by atoms with Crippen LogP contribution in [-0.2, 0) is 9.53 Å². The van der Waals surface area contributed by atoms with Crippen molar-refractivity contribution < 1.29 is 9.53 Å². The molecule has 88 valence electrons. The van der Waals surface area contributed by atoms with Gasteiger partial charge in [0.25, 0.3) is 0 Å². The van der Waals surface area contributed by atoms with Crippen molar-refractivity contribution in [1.82, 2.24) is 4.90 Å². The van der Waals surface area contributed by atoms with E-state index < -0.39 is 5.54 Å². The molecular weight excluding hydrogens is 192 g/mol. The third-order valence-corrected chi connectivity index (χ3v) is 2.67. The van der Waals surface area contributed by atoms with E-state index in [9.17, 15) is 4.79 Å². The minimum Gasteiger partial charge on any atom is -0.464 e. The van der Waals surface area contributed by atoms with Crippen LogP contribution in [0.2, 0.25) is 0 Å². The van der Waals surface area contributed by atoms with Crippen LogP contribution in [0.5, 0.6) is 0 Å². The second kappa shape index (κ2) is 4.49. The fraction of sp³-hybridized carbons (Fsp3) is 0.909. The molecule has 2 N–H and O–H groups in total. The van der Waals surface area contributed by atoms with E-state index in [1.807, 2.05) is 27.9 Å². The largest absolute Gasteiger partial charge is 0.464 e. The Hall–Kier alpha value is -0.610. The number of esters is 1. The van der Waals surface area contributed by atoms with Gasteiger partial charge in [0.2, 0.25) is 0 Å². The minimum atomic E-state index is -0.709. The van der Waals surface area contributed by atoms with E-state index in [1.54, 1.807) is 0 Å². The first-order chi connectivity index (χ1) is 6.86. The quantitative estimate of drug-likeness (QED) is 0.676. The number of carbonyl (C=O) groups is 1. The van der Waals surface area contributed by atoms with Crippen molar-refractivity contribution in [3.8, 4) is 0 Å². The molecule has 0 amide bonds. The number of rotatable bonds is 5. The molecule has 0 bridgehead atoms. The third-order valence-electron chi connectivity index (χ3n) is 2.67. The SMILES string of the molecule is CC(C)COC(=O)C1(N)CC1CN(C)C. The summed E-state index contributed by atoms with van der Waals surface area (Å²) in [6.07, 6.45) is 0.752. The van der Waals surface area contributed by atoms with Crippen molar-refractivity contribution in [2.24, 2.45) is 17.6 Å². The Morgan fingerprint density at radius 1 is 1.60 bits per heavy atom. The van der Waals surface area contributed by atoms with Gasteiger partial charge < -0.3 is 15.4 Å². The Bertz CT molecular complexity index is 241. The molecule has 2 atom stereocenters. The summed E-state index contributed by atoms with van der Waals surface area (Å²) < 4.78 is 5.16. The Balaban J connectivity index is 2.35. The second-order valence-electron chi connectivity index (χ2n) is 5.20. The molecule has 4 nitrogen and oxygen atoms in total. The van der Waals surface area contributed by atoms with Gasteiger partial charge in [0.15, 0.2) is 0 Å². The zero-order valence-corrected chi connectivity index (χ0v) is 10.1. The Labute approximate surface area is 91.8 Å². The van der Waals surface area contributed by atoms with Crippen LogP contribution in [0.15, 0.2) is 0 Å². The maximum absolute atomic E-state index is 11.7. The van der Waals surface area contributed by atoms with Gasteiger partial charge in [0, 0.05) is 12.5 Å². The number of hydrogen-bond donors (Lipinski definition) is 1. The molecule has 2 unspecified atom stereocenters. The van der Waals surface area contributed by atoms with Gasteiger partial charge in [-0.2, -0.15) is 0 Å². The predicted octanol–water partition coefficient (Wildman–Crippen LogP) is 0.465. The molecule has 4 heteroatoms.